The van der Waals surface area contributed by atoms with E-state index in [1.54, 1.807) is 13.4 Å². The number of aromatic nitrogens is 3. The van der Waals surface area contributed by atoms with Crippen molar-refractivity contribution in [2.75, 3.05) is 58.3 Å². The number of benzene rings is 1. The Labute approximate surface area is 193 Å². The van der Waals surface area contributed by atoms with Crippen molar-refractivity contribution >= 4 is 28.7 Å². The van der Waals surface area contributed by atoms with Crippen molar-refractivity contribution in [3.05, 3.63) is 48.5 Å². The summed E-state index contributed by atoms with van der Waals surface area (Å²) in [4.78, 5) is 20.1. The van der Waals surface area contributed by atoms with Crippen LogP contribution in [-0.2, 0) is 0 Å². The Morgan fingerprint density at radius 2 is 1.69 bits per heavy atom. The van der Waals surface area contributed by atoms with E-state index in [9.17, 15) is 0 Å². The van der Waals surface area contributed by atoms with Crippen LogP contribution < -0.4 is 9.64 Å². The third-order valence-electron chi connectivity index (χ3n) is 6.49. The molecule has 32 heavy (non-hydrogen) atoms. The molecule has 2 fully saturated rings. The van der Waals surface area contributed by atoms with Gasteiger partial charge in [-0.15, -0.1) is 0 Å². The summed E-state index contributed by atoms with van der Waals surface area (Å²) >= 11 is 1.82. The van der Waals surface area contributed by atoms with Gasteiger partial charge in [0.2, 0.25) is 0 Å². The molecule has 4 heterocycles. The Bertz CT molecular complexity index is 1050. The number of rotatable bonds is 5. The molecule has 0 bridgehead atoms. The van der Waals surface area contributed by atoms with Crippen LogP contribution in [0, 0.1) is 0 Å². The maximum atomic E-state index is 5.26. The molecule has 2 aliphatic heterocycles. The average molecular weight is 451 g/mol. The van der Waals surface area contributed by atoms with Crippen LogP contribution in [0.1, 0.15) is 24.5 Å². The fraction of sp³-hybridized carbons (Fsp3) is 0.458. The van der Waals surface area contributed by atoms with Crippen molar-refractivity contribution in [2.24, 2.45) is 0 Å². The van der Waals surface area contributed by atoms with Gasteiger partial charge >= 0.3 is 0 Å². The molecular formula is C24H30N6OS. The first-order valence-electron chi connectivity index (χ1n) is 11.3. The summed E-state index contributed by atoms with van der Waals surface area (Å²) < 4.78 is 7.70. The number of pyridine rings is 1. The van der Waals surface area contributed by atoms with Gasteiger partial charge in [-0.1, -0.05) is 0 Å². The van der Waals surface area contributed by atoms with Crippen LogP contribution in [0.3, 0.4) is 0 Å². The highest BCUT2D eigenvalue weighted by Crippen LogP contribution is 2.35. The molecule has 5 rings (SSSR count). The zero-order valence-electron chi connectivity index (χ0n) is 18.8. The Morgan fingerprint density at radius 1 is 0.938 bits per heavy atom. The van der Waals surface area contributed by atoms with Gasteiger partial charge in [0.05, 0.1) is 30.2 Å². The van der Waals surface area contributed by atoms with E-state index >= 15 is 0 Å². The van der Waals surface area contributed by atoms with Gasteiger partial charge in [-0.25, -0.2) is 14.3 Å². The number of piperidine rings is 1. The van der Waals surface area contributed by atoms with Gasteiger partial charge in [0.25, 0.3) is 0 Å². The molecule has 7 nitrogen and oxygen atoms in total. The molecule has 2 aliphatic rings. The molecular weight excluding hydrogens is 420 g/mol. The zero-order valence-corrected chi connectivity index (χ0v) is 19.6. The minimum atomic E-state index is 0.426. The number of hydrogen-bond donors (Lipinski definition) is 0. The Hall–Kier alpha value is -2.42. The van der Waals surface area contributed by atoms with Gasteiger partial charge in [0.15, 0.2) is 0 Å². The quantitative estimate of drug-likeness (QED) is 0.546. The van der Waals surface area contributed by atoms with Crippen LogP contribution in [0.4, 0.5) is 5.69 Å². The van der Waals surface area contributed by atoms with Crippen molar-refractivity contribution in [3.63, 3.8) is 0 Å². The molecule has 0 radical (unpaired) electrons. The molecule has 0 unspecified atom stereocenters. The summed E-state index contributed by atoms with van der Waals surface area (Å²) in [6.07, 6.45) is 5.88. The lowest BCUT2D eigenvalue weighted by Gasteiger charge is -2.34. The Kier molecular flexibility index (Phi) is 6.43. The summed E-state index contributed by atoms with van der Waals surface area (Å²) in [6.45, 7) is 6.30. The molecule has 1 aromatic carbocycles. The summed E-state index contributed by atoms with van der Waals surface area (Å²) in [5.41, 5.74) is 4.20. The van der Waals surface area contributed by atoms with E-state index in [0.717, 1.165) is 74.6 Å². The van der Waals surface area contributed by atoms with Gasteiger partial charge < -0.3 is 14.5 Å². The Morgan fingerprint density at radius 3 is 2.41 bits per heavy atom. The van der Waals surface area contributed by atoms with E-state index in [4.69, 9.17) is 9.72 Å². The zero-order chi connectivity index (χ0) is 21.9. The van der Waals surface area contributed by atoms with E-state index < -0.39 is 0 Å². The van der Waals surface area contributed by atoms with Crippen LogP contribution in [0.5, 0.6) is 5.75 Å². The summed E-state index contributed by atoms with van der Waals surface area (Å²) in [5, 5.41) is 0. The smallest absolute Gasteiger partial charge is 0.118 e. The topological polar surface area (TPSA) is 57.6 Å². The van der Waals surface area contributed by atoms with Crippen LogP contribution in [0.15, 0.2) is 47.8 Å². The summed E-state index contributed by atoms with van der Waals surface area (Å²) in [5.74, 6) is 1.32. The number of piperazine rings is 1. The average Bonchev–Trinajstić information content (AvgIpc) is 2.85. The normalized spacial score (nSPS) is 18.9. The van der Waals surface area contributed by atoms with Crippen molar-refractivity contribution < 1.29 is 4.74 Å². The van der Waals surface area contributed by atoms with Gasteiger partial charge in [-0.2, -0.15) is 0 Å². The second kappa shape index (κ2) is 9.60. The molecule has 0 aliphatic carbocycles. The lowest BCUT2D eigenvalue weighted by Crippen LogP contribution is -2.44. The first-order valence-corrected chi connectivity index (χ1v) is 12.1. The number of hydrogen-bond acceptors (Lipinski definition) is 8. The van der Waals surface area contributed by atoms with Crippen LogP contribution in [-0.4, -0.2) is 77.6 Å². The minimum absolute atomic E-state index is 0.426. The fourth-order valence-electron chi connectivity index (χ4n) is 4.50. The molecule has 0 atom stereocenters. The SMILES string of the molecule is COc1ccc(SN2CCC(c3ncnc4cc(N5CCN(C)CC5)cnc34)CC2)cc1. The first kappa shape index (κ1) is 21.4. The molecule has 0 saturated carbocycles. The molecule has 8 heteroatoms. The fourth-order valence-corrected chi connectivity index (χ4v) is 5.44. The second-order valence-corrected chi connectivity index (χ2v) is 9.75. The molecule has 0 N–H and O–H groups in total. The molecule has 3 aromatic rings. The highest BCUT2D eigenvalue weighted by Gasteiger charge is 2.25. The predicted octanol–water partition coefficient (Wildman–Crippen LogP) is 3.67. The van der Waals surface area contributed by atoms with Crippen molar-refractivity contribution in [1.29, 1.82) is 0 Å². The number of likely N-dealkylation sites (N-methyl/N-ethyl adjacent to an activating group) is 1. The van der Waals surface area contributed by atoms with E-state index in [1.165, 1.54) is 10.6 Å². The van der Waals surface area contributed by atoms with Crippen LogP contribution >= 0.6 is 11.9 Å². The number of methoxy groups -OCH3 is 1. The van der Waals surface area contributed by atoms with Crippen molar-refractivity contribution in [3.8, 4) is 5.75 Å². The first-order chi connectivity index (χ1) is 15.7. The molecule has 0 amide bonds. The van der Waals surface area contributed by atoms with Crippen molar-refractivity contribution in [1.82, 2.24) is 24.2 Å². The van der Waals surface area contributed by atoms with E-state index in [2.05, 4.69) is 49.3 Å². The van der Waals surface area contributed by atoms with E-state index in [-0.39, 0.29) is 0 Å². The summed E-state index contributed by atoms with van der Waals surface area (Å²) in [6, 6.07) is 10.5. The van der Waals surface area contributed by atoms with E-state index in [1.807, 2.05) is 30.3 Å². The molecule has 2 aromatic heterocycles. The van der Waals surface area contributed by atoms with Gasteiger partial charge in [-0.05, 0) is 62.2 Å². The maximum absolute atomic E-state index is 5.26. The highest BCUT2D eigenvalue weighted by molar-refractivity contribution is 7.97. The van der Waals surface area contributed by atoms with Gasteiger partial charge in [0.1, 0.15) is 17.6 Å². The number of ether oxygens (including phenoxy) is 1. The Balaban J connectivity index is 1.25. The van der Waals surface area contributed by atoms with Gasteiger partial charge in [-0.3, -0.25) is 4.98 Å². The lowest BCUT2D eigenvalue weighted by molar-refractivity contribution is 0.313. The maximum Gasteiger partial charge on any atom is 0.118 e. The molecule has 2 saturated heterocycles. The third-order valence-corrected chi connectivity index (χ3v) is 7.60. The summed E-state index contributed by atoms with van der Waals surface area (Å²) in [7, 11) is 3.88. The predicted molar refractivity (Wildman–Crippen MR) is 129 cm³/mol. The molecule has 168 valence electrons. The van der Waals surface area contributed by atoms with Crippen LogP contribution in [0.2, 0.25) is 0 Å². The molecule has 0 spiro atoms. The standard InChI is InChI=1S/C24H30N6OS/c1-28-11-13-29(14-12-28)19-15-22-24(25-16-19)23(27-17-26-22)18-7-9-30(10-8-18)32-21-5-3-20(31-2)4-6-21/h3-6,15-18H,7-14H2,1-2H3. The number of anilines is 1. The number of fused-ring (bicyclic) bond motifs is 1. The van der Waals surface area contributed by atoms with Crippen LogP contribution in [0.25, 0.3) is 11.0 Å². The van der Waals surface area contributed by atoms with E-state index in [0.29, 0.717) is 5.92 Å². The second-order valence-electron chi connectivity index (χ2n) is 8.58. The van der Waals surface area contributed by atoms with Crippen molar-refractivity contribution in [2.45, 2.75) is 23.7 Å². The number of nitrogens with zero attached hydrogens (tertiary/aromatic N) is 6. The highest BCUT2D eigenvalue weighted by atomic mass is 32.2. The largest absolute Gasteiger partial charge is 0.497 e. The third kappa shape index (κ3) is 4.67. The monoisotopic (exact) mass is 450 g/mol. The lowest BCUT2D eigenvalue weighted by atomic mass is 9.93. The minimum Gasteiger partial charge on any atom is -0.497 e. The van der Waals surface area contributed by atoms with Gasteiger partial charge in [0, 0.05) is 50.1 Å².